The minimum Gasteiger partial charge on any atom is -0.325 e. The van der Waals surface area contributed by atoms with Crippen LogP contribution in [-0.4, -0.2) is 12.2 Å². The van der Waals surface area contributed by atoms with Crippen molar-refractivity contribution < 1.29 is 9.59 Å². The standard InChI is InChI=1S/C16H15NO2/c18-12-14-8-4-5-9-15(14)17-16(19)11-10-13-6-2-1-3-7-13/h1-9,12H,10-11H2,(H,17,19). The first-order valence-electron chi connectivity index (χ1n) is 6.17. The lowest BCUT2D eigenvalue weighted by atomic mass is 10.1. The van der Waals surface area contributed by atoms with Crippen molar-refractivity contribution in [2.24, 2.45) is 0 Å². The zero-order chi connectivity index (χ0) is 13.5. The van der Waals surface area contributed by atoms with Crippen molar-refractivity contribution in [1.29, 1.82) is 0 Å². The summed E-state index contributed by atoms with van der Waals surface area (Å²) in [5, 5.41) is 2.76. The van der Waals surface area contributed by atoms with Gasteiger partial charge in [-0.3, -0.25) is 9.59 Å². The molecule has 0 aliphatic carbocycles. The fraction of sp³-hybridized carbons (Fsp3) is 0.125. The van der Waals surface area contributed by atoms with E-state index in [1.54, 1.807) is 24.3 Å². The van der Waals surface area contributed by atoms with Gasteiger partial charge < -0.3 is 5.32 Å². The normalized spacial score (nSPS) is 9.89. The monoisotopic (exact) mass is 253 g/mol. The van der Waals surface area contributed by atoms with Crippen LogP contribution in [0, 0.1) is 0 Å². The maximum absolute atomic E-state index is 11.8. The number of nitrogens with one attached hydrogen (secondary N) is 1. The molecule has 2 aromatic rings. The van der Waals surface area contributed by atoms with Gasteiger partial charge in [-0.05, 0) is 24.1 Å². The van der Waals surface area contributed by atoms with Crippen molar-refractivity contribution in [1.82, 2.24) is 0 Å². The summed E-state index contributed by atoms with van der Waals surface area (Å²) in [5.74, 6) is -0.0850. The SMILES string of the molecule is O=Cc1ccccc1NC(=O)CCc1ccccc1. The Labute approximate surface area is 112 Å². The van der Waals surface area contributed by atoms with E-state index < -0.39 is 0 Å². The van der Waals surface area contributed by atoms with Crippen molar-refractivity contribution in [3.63, 3.8) is 0 Å². The third-order valence-electron chi connectivity index (χ3n) is 2.85. The minimum atomic E-state index is -0.0850. The van der Waals surface area contributed by atoms with Crippen molar-refractivity contribution in [3.05, 3.63) is 65.7 Å². The molecule has 2 rings (SSSR count). The molecule has 0 saturated carbocycles. The number of amides is 1. The number of rotatable bonds is 5. The molecule has 0 aliphatic rings. The van der Waals surface area contributed by atoms with E-state index in [9.17, 15) is 9.59 Å². The van der Waals surface area contributed by atoms with Crippen LogP contribution in [0.1, 0.15) is 22.3 Å². The van der Waals surface area contributed by atoms with Crippen LogP contribution in [0.15, 0.2) is 54.6 Å². The molecule has 0 saturated heterocycles. The quantitative estimate of drug-likeness (QED) is 0.832. The lowest BCUT2D eigenvalue weighted by molar-refractivity contribution is -0.116. The second-order valence-electron chi connectivity index (χ2n) is 4.24. The molecule has 1 N–H and O–H groups in total. The van der Waals surface area contributed by atoms with Gasteiger partial charge in [0.05, 0.1) is 5.69 Å². The number of hydrogen-bond acceptors (Lipinski definition) is 2. The minimum absolute atomic E-state index is 0.0850. The highest BCUT2D eigenvalue weighted by molar-refractivity contribution is 5.96. The van der Waals surface area contributed by atoms with Gasteiger partial charge in [0.25, 0.3) is 0 Å². The Morgan fingerprint density at radius 3 is 2.42 bits per heavy atom. The Balaban J connectivity index is 1.93. The number of carbonyl (C=O) groups excluding carboxylic acids is 2. The maximum Gasteiger partial charge on any atom is 0.224 e. The molecule has 0 aromatic heterocycles. The fourth-order valence-corrected chi connectivity index (χ4v) is 1.83. The first-order chi connectivity index (χ1) is 9.29. The Bertz CT molecular complexity index is 564. The second-order valence-corrected chi connectivity index (χ2v) is 4.24. The number of carbonyl (C=O) groups is 2. The molecule has 0 atom stereocenters. The van der Waals surface area contributed by atoms with E-state index in [1.807, 2.05) is 30.3 Å². The van der Waals surface area contributed by atoms with Crippen molar-refractivity contribution in [2.45, 2.75) is 12.8 Å². The first-order valence-corrected chi connectivity index (χ1v) is 6.17. The van der Waals surface area contributed by atoms with Crippen LogP contribution < -0.4 is 5.32 Å². The van der Waals surface area contributed by atoms with Gasteiger partial charge in [0.2, 0.25) is 5.91 Å². The lowest BCUT2D eigenvalue weighted by Gasteiger charge is -2.07. The summed E-state index contributed by atoms with van der Waals surface area (Å²) >= 11 is 0. The third kappa shape index (κ3) is 3.78. The highest BCUT2D eigenvalue weighted by atomic mass is 16.1. The van der Waals surface area contributed by atoms with Crippen LogP contribution >= 0.6 is 0 Å². The van der Waals surface area contributed by atoms with Gasteiger partial charge in [-0.25, -0.2) is 0 Å². The Kier molecular flexibility index (Phi) is 4.45. The lowest BCUT2D eigenvalue weighted by Crippen LogP contribution is -2.13. The summed E-state index contributed by atoms with van der Waals surface area (Å²) in [6.45, 7) is 0. The molecule has 0 bridgehead atoms. The largest absolute Gasteiger partial charge is 0.325 e. The summed E-state index contributed by atoms with van der Waals surface area (Å²) < 4.78 is 0. The van der Waals surface area contributed by atoms with Gasteiger partial charge in [-0.2, -0.15) is 0 Å². The smallest absolute Gasteiger partial charge is 0.224 e. The van der Waals surface area contributed by atoms with E-state index in [2.05, 4.69) is 5.32 Å². The molecular weight excluding hydrogens is 238 g/mol. The summed E-state index contributed by atoms with van der Waals surface area (Å²) in [5.41, 5.74) is 2.19. The molecule has 2 aromatic carbocycles. The highest BCUT2D eigenvalue weighted by Gasteiger charge is 2.06. The van der Waals surface area contributed by atoms with Gasteiger partial charge in [0.1, 0.15) is 0 Å². The summed E-state index contributed by atoms with van der Waals surface area (Å²) in [7, 11) is 0. The van der Waals surface area contributed by atoms with E-state index in [1.165, 1.54) is 0 Å². The molecule has 0 aliphatic heterocycles. The molecular formula is C16H15NO2. The van der Waals surface area contributed by atoms with Crippen LogP contribution in [0.5, 0.6) is 0 Å². The molecule has 0 spiro atoms. The van der Waals surface area contributed by atoms with E-state index in [0.717, 1.165) is 11.8 Å². The van der Waals surface area contributed by atoms with Gasteiger partial charge in [0, 0.05) is 12.0 Å². The number of aldehydes is 1. The van der Waals surface area contributed by atoms with E-state index in [-0.39, 0.29) is 5.91 Å². The Morgan fingerprint density at radius 2 is 1.68 bits per heavy atom. The fourth-order valence-electron chi connectivity index (χ4n) is 1.83. The summed E-state index contributed by atoms with van der Waals surface area (Å²) in [6.07, 6.45) is 1.83. The van der Waals surface area contributed by atoms with Crippen LogP contribution in [-0.2, 0) is 11.2 Å². The van der Waals surface area contributed by atoms with Gasteiger partial charge in [0.15, 0.2) is 6.29 Å². The number of benzene rings is 2. The van der Waals surface area contributed by atoms with Gasteiger partial charge in [-0.1, -0.05) is 42.5 Å². The van der Waals surface area contributed by atoms with Crippen LogP contribution in [0.2, 0.25) is 0 Å². The summed E-state index contributed by atoms with van der Waals surface area (Å²) in [6, 6.07) is 16.8. The second kappa shape index (κ2) is 6.50. The van der Waals surface area contributed by atoms with Crippen molar-refractivity contribution in [3.8, 4) is 0 Å². The zero-order valence-corrected chi connectivity index (χ0v) is 10.5. The zero-order valence-electron chi connectivity index (χ0n) is 10.5. The first kappa shape index (κ1) is 13.0. The molecule has 3 nitrogen and oxygen atoms in total. The Morgan fingerprint density at radius 1 is 1.00 bits per heavy atom. The third-order valence-corrected chi connectivity index (χ3v) is 2.85. The van der Waals surface area contributed by atoms with Crippen LogP contribution in [0.4, 0.5) is 5.69 Å². The predicted octanol–water partition coefficient (Wildman–Crippen LogP) is 3.07. The number of aryl methyl sites for hydroxylation is 1. The number of anilines is 1. The highest BCUT2D eigenvalue weighted by Crippen LogP contribution is 2.13. The van der Waals surface area contributed by atoms with Crippen LogP contribution in [0.25, 0.3) is 0 Å². The molecule has 3 heteroatoms. The van der Waals surface area contributed by atoms with Crippen molar-refractivity contribution >= 4 is 17.9 Å². The Hall–Kier alpha value is -2.42. The predicted molar refractivity (Wildman–Crippen MR) is 75.2 cm³/mol. The van der Waals surface area contributed by atoms with Crippen LogP contribution in [0.3, 0.4) is 0 Å². The topological polar surface area (TPSA) is 46.2 Å². The molecule has 0 unspecified atom stereocenters. The van der Waals surface area contributed by atoms with E-state index in [0.29, 0.717) is 24.1 Å². The summed E-state index contributed by atoms with van der Waals surface area (Å²) in [4.78, 5) is 22.7. The molecule has 0 radical (unpaired) electrons. The molecule has 96 valence electrons. The van der Waals surface area contributed by atoms with E-state index in [4.69, 9.17) is 0 Å². The number of hydrogen-bond donors (Lipinski definition) is 1. The van der Waals surface area contributed by atoms with Gasteiger partial charge in [-0.15, -0.1) is 0 Å². The molecule has 0 fully saturated rings. The molecule has 0 heterocycles. The van der Waals surface area contributed by atoms with E-state index >= 15 is 0 Å². The van der Waals surface area contributed by atoms with Crippen molar-refractivity contribution in [2.75, 3.05) is 5.32 Å². The molecule has 19 heavy (non-hydrogen) atoms. The average molecular weight is 253 g/mol. The van der Waals surface area contributed by atoms with Gasteiger partial charge >= 0.3 is 0 Å². The maximum atomic E-state index is 11.8. The average Bonchev–Trinajstić information content (AvgIpc) is 2.47. The number of para-hydroxylation sites is 1. The molecule has 1 amide bonds.